The Balaban J connectivity index is 1.99. The SMILES string of the molecule is O=C(O)CCCCNn1cccc1. The van der Waals surface area contributed by atoms with E-state index in [1.807, 2.05) is 29.2 Å². The highest BCUT2D eigenvalue weighted by Crippen LogP contribution is 1.94. The van der Waals surface area contributed by atoms with Crippen LogP contribution >= 0.6 is 0 Å². The topological polar surface area (TPSA) is 54.3 Å². The maximum Gasteiger partial charge on any atom is 0.303 e. The smallest absolute Gasteiger partial charge is 0.303 e. The highest BCUT2D eigenvalue weighted by Gasteiger charge is 1.95. The number of carboxylic acid groups (broad SMARTS) is 1. The van der Waals surface area contributed by atoms with Crippen LogP contribution in [-0.2, 0) is 4.79 Å². The van der Waals surface area contributed by atoms with Crippen LogP contribution in [0.2, 0.25) is 0 Å². The molecule has 0 unspecified atom stereocenters. The van der Waals surface area contributed by atoms with Gasteiger partial charge in [0.1, 0.15) is 0 Å². The Morgan fingerprint density at radius 3 is 2.62 bits per heavy atom. The zero-order valence-electron chi connectivity index (χ0n) is 7.44. The molecule has 1 aromatic heterocycles. The van der Waals surface area contributed by atoms with E-state index in [1.54, 1.807) is 0 Å². The van der Waals surface area contributed by atoms with Gasteiger partial charge < -0.3 is 10.5 Å². The second kappa shape index (κ2) is 5.24. The minimum absolute atomic E-state index is 0.257. The van der Waals surface area contributed by atoms with Crippen LogP contribution in [0.1, 0.15) is 19.3 Å². The van der Waals surface area contributed by atoms with Crippen LogP contribution in [0.5, 0.6) is 0 Å². The molecule has 1 rings (SSSR count). The zero-order chi connectivity index (χ0) is 9.52. The van der Waals surface area contributed by atoms with Gasteiger partial charge in [-0.15, -0.1) is 0 Å². The molecule has 0 saturated heterocycles. The van der Waals surface area contributed by atoms with Crippen molar-refractivity contribution in [3.05, 3.63) is 24.5 Å². The van der Waals surface area contributed by atoms with Crippen molar-refractivity contribution >= 4 is 5.97 Å². The second-order valence-electron chi connectivity index (χ2n) is 2.85. The monoisotopic (exact) mass is 182 g/mol. The highest BCUT2D eigenvalue weighted by atomic mass is 16.4. The molecule has 0 bridgehead atoms. The molecule has 0 fully saturated rings. The number of unbranched alkanes of at least 4 members (excludes halogenated alkanes) is 1. The third kappa shape index (κ3) is 4.20. The van der Waals surface area contributed by atoms with E-state index < -0.39 is 5.97 Å². The maximum atomic E-state index is 10.2. The fourth-order valence-corrected chi connectivity index (χ4v) is 1.05. The van der Waals surface area contributed by atoms with Gasteiger partial charge >= 0.3 is 5.97 Å². The summed E-state index contributed by atoms with van der Waals surface area (Å²) < 4.78 is 1.86. The normalized spacial score (nSPS) is 9.85. The molecule has 0 spiro atoms. The molecule has 0 saturated carbocycles. The number of aromatic nitrogens is 1. The van der Waals surface area contributed by atoms with Gasteiger partial charge in [-0.05, 0) is 25.0 Å². The van der Waals surface area contributed by atoms with E-state index in [4.69, 9.17) is 5.11 Å². The Morgan fingerprint density at radius 2 is 2.00 bits per heavy atom. The summed E-state index contributed by atoms with van der Waals surface area (Å²) in [6.07, 6.45) is 5.69. The molecule has 4 heteroatoms. The standard InChI is InChI=1S/C9H14N2O2/c12-9(13)5-1-2-6-10-11-7-3-4-8-11/h3-4,7-8,10H,1-2,5-6H2,(H,12,13). The minimum atomic E-state index is -0.721. The van der Waals surface area contributed by atoms with Gasteiger partial charge in [0, 0.05) is 25.4 Å². The van der Waals surface area contributed by atoms with Crippen LogP contribution in [-0.4, -0.2) is 22.3 Å². The molecule has 1 heterocycles. The molecule has 0 amide bonds. The summed E-state index contributed by atoms with van der Waals surface area (Å²) in [6.45, 7) is 0.807. The molecule has 13 heavy (non-hydrogen) atoms. The van der Waals surface area contributed by atoms with Crippen LogP contribution in [0.25, 0.3) is 0 Å². The summed E-state index contributed by atoms with van der Waals surface area (Å²) in [5.74, 6) is -0.721. The molecule has 0 aliphatic heterocycles. The molecular formula is C9H14N2O2. The van der Waals surface area contributed by atoms with Gasteiger partial charge in [0.2, 0.25) is 0 Å². The summed E-state index contributed by atoms with van der Waals surface area (Å²) in [7, 11) is 0. The van der Waals surface area contributed by atoms with Gasteiger partial charge in [-0.25, -0.2) is 0 Å². The molecule has 0 aliphatic carbocycles. The van der Waals surface area contributed by atoms with Gasteiger partial charge in [-0.3, -0.25) is 9.47 Å². The summed E-state index contributed by atoms with van der Waals surface area (Å²) in [4.78, 5) is 10.2. The van der Waals surface area contributed by atoms with Gasteiger partial charge in [0.15, 0.2) is 0 Å². The Labute approximate surface area is 77.2 Å². The van der Waals surface area contributed by atoms with E-state index in [-0.39, 0.29) is 6.42 Å². The summed E-state index contributed by atoms with van der Waals surface area (Å²) in [6, 6.07) is 3.87. The van der Waals surface area contributed by atoms with Crippen molar-refractivity contribution in [1.82, 2.24) is 4.68 Å². The predicted octanol–water partition coefficient (Wildman–Crippen LogP) is 1.29. The highest BCUT2D eigenvalue weighted by molar-refractivity contribution is 5.66. The number of nitrogens with one attached hydrogen (secondary N) is 1. The zero-order valence-corrected chi connectivity index (χ0v) is 7.44. The minimum Gasteiger partial charge on any atom is -0.481 e. The van der Waals surface area contributed by atoms with Gasteiger partial charge in [-0.2, -0.15) is 0 Å². The van der Waals surface area contributed by atoms with Crippen molar-refractivity contribution in [2.45, 2.75) is 19.3 Å². The number of hydrogen-bond donors (Lipinski definition) is 2. The third-order valence-electron chi connectivity index (χ3n) is 1.72. The van der Waals surface area contributed by atoms with E-state index in [0.29, 0.717) is 0 Å². The summed E-state index contributed by atoms with van der Waals surface area (Å²) in [5.41, 5.74) is 3.12. The van der Waals surface area contributed by atoms with Crippen LogP contribution in [0, 0.1) is 0 Å². The van der Waals surface area contributed by atoms with Crippen molar-refractivity contribution in [2.75, 3.05) is 12.0 Å². The maximum absolute atomic E-state index is 10.2. The fraction of sp³-hybridized carbons (Fsp3) is 0.444. The number of carbonyl (C=O) groups is 1. The predicted molar refractivity (Wildman–Crippen MR) is 50.1 cm³/mol. The molecular weight excluding hydrogens is 168 g/mol. The average molecular weight is 182 g/mol. The van der Waals surface area contributed by atoms with Crippen molar-refractivity contribution in [2.24, 2.45) is 0 Å². The lowest BCUT2D eigenvalue weighted by Gasteiger charge is -2.05. The molecule has 72 valence electrons. The average Bonchev–Trinajstić information content (AvgIpc) is 2.55. The van der Waals surface area contributed by atoms with E-state index in [2.05, 4.69) is 5.43 Å². The first-order valence-corrected chi connectivity index (χ1v) is 4.37. The first kappa shape index (κ1) is 9.64. The Hall–Kier alpha value is -1.45. The molecule has 1 aromatic rings. The number of carboxylic acids is 1. The lowest BCUT2D eigenvalue weighted by molar-refractivity contribution is -0.137. The largest absolute Gasteiger partial charge is 0.481 e. The fourth-order valence-electron chi connectivity index (χ4n) is 1.05. The van der Waals surface area contributed by atoms with E-state index in [0.717, 1.165) is 19.4 Å². The molecule has 0 radical (unpaired) electrons. The quantitative estimate of drug-likeness (QED) is 0.652. The second-order valence-corrected chi connectivity index (χ2v) is 2.85. The molecule has 0 atom stereocenters. The van der Waals surface area contributed by atoms with Crippen LogP contribution in [0.4, 0.5) is 0 Å². The van der Waals surface area contributed by atoms with Crippen LogP contribution in [0.3, 0.4) is 0 Å². The number of hydrogen-bond acceptors (Lipinski definition) is 2. The lowest BCUT2D eigenvalue weighted by Crippen LogP contribution is -2.13. The first-order valence-electron chi connectivity index (χ1n) is 4.37. The van der Waals surface area contributed by atoms with E-state index in [9.17, 15) is 4.79 Å². The molecule has 4 nitrogen and oxygen atoms in total. The molecule has 2 N–H and O–H groups in total. The van der Waals surface area contributed by atoms with Crippen molar-refractivity contribution < 1.29 is 9.90 Å². The van der Waals surface area contributed by atoms with Crippen LogP contribution in [0.15, 0.2) is 24.5 Å². The van der Waals surface area contributed by atoms with Gasteiger partial charge in [-0.1, -0.05) is 0 Å². The third-order valence-corrected chi connectivity index (χ3v) is 1.72. The Morgan fingerprint density at radius 1 is 1.31 bits per heavy atom. The summed E-state index contributed by atoms with van der Waals surface area (Å²) >= 11 is 0. The lowest BCUT2D eigenvalue weighted by atomic mass is 10.2. The Bertz CT molecular complexity index is 244. The van der Waals surface area contributed by atoms with Crippen molar-refractivity contribution in [1.29, 1.82) is 0 Å². The Kier molecular flexibility index (Phi) is 3.88. The molecule has 0 aliphatic rings. The number of rotatable bonds is 6. The number of aliphatic carboxylic acids is 1. The van der Waals surface area contributed by atoms with Crippen LogP contribution < -0.4 is 5.43 Å². The number of nitrogens with zero attached hydrogens (tertiary/aromatic N) is 1. The van der Waals surface area contributed by atoms with Gasteiger partial charge in [0.25, 0.3) is 0 Å². The van der Waals surface area contributed by atoms with E-state index in [1.165, 1.54) is 0 Å². The van der Waals surface area contributed by atoms with Crippen molar-refractivity contribution in [3.63, 3.8) is 0 Å². The molecule has 0 aromatic carbocycles. The van der Waals surface area contributed by atoms with Gasteiger partial charge in [0.05, 0.1) is 0 Å². The summed E-state index contributed by atoms with van der Waals surface area (Å²) in [5, 5.41) is 8.37. The first-order chi connectivity index (χ1) is 6.29. The van der Waals surface area contributed by atoms with Crippen molar-refractivity contribution in [3.8, 4) is 0 Å². The van der Waals surface area contributed by atoms with E-state index >= 15 is 0 Å².